The molecule has 0 aliphatic carbocycles. The largest absolute Gasteiger partial charge is 0.376 e. The highest BCUT2D eigenvalue weighted by atomic mass is 19.1. The summed E-state index contributed by atoms with van der Waals surface area (Å²) in [5, 5.41) is 3.23. The standard InChI is InChI=1S/C17H20FN/c1-11-5-8-17(16(18)9-11)19-14(4)15-7-6-12(2)13(3)10-15/h5-10,14,19H,1-4H3. The van der Waals surface area contributed by atoms with Crippen LogP contribution in [0.25, 0.3) is 0 Å². The molecule has 19 heavy (non-hydrogen) atoms. The van der Waals surface area contributed by atoms with Gasteiger partial charge in [-0.15, -0.1) is 0 Å². The molecule has 0 saturated heterocycles. The van der Waals surface area contributed by atoms with Gasteiger partial charge in [0.05, 0.1) is 5.69 Å². The molecule has 0 aliphatic heterocycles. The Morgan fingerprint density at radius 3 is 2.32 bits per heavy atom. The van der Waals surface area contributed by atoms with Gasteiger partial charge in [-0.25, -0.2) is 4.39 Å². The molecular weight excluding hydrogens is 237 g/mol. The summed E-state index contributed by atoms with van der Waals surface area (Å²) in [5.74, 6) is -0.198. The van der Waals surface area contributed by atoms with E-state index in [1.165, 1.54) is 16.7 Å². The smallest absolute Gasteiger partial charge is 0.146 e. The van der Waals surface area contributed by atoms with Gasteiger partial charge in [-0.3, -0.25) is 0 Å². The molecule has 1 unspecified atom stereocenters. The summed E-state index contributed by atoms with van der Waals surface area (Å²) in [6, 6.07) is 11.7. The SMILES string of the molecule is Cc1ccc(NC(C)c2ccc(C)c(C)c2)c(F)c1. The van der Waals surface area contributed by atoms with Gasteiger partial charge in [0.1, 0.15) is 5.82 Å². The van der Waals surface area contributed by atoms with Gasteiger partial charge in [0.15, 0.2) is 0 Å². The molecule has 0 heterocycles. The second-order valence-corrected chi connectivity index (χ2v) is 5.19. The highest BCUT2D eigenvalue weighted by Gasteiger charge is 2.09. The molecule has 0 fully saturated rings. The van der Waals surface area contributed by atoms with E-state index >= 15 is 0 Å². The maximum atomic E-state index is 13.8. The maximum Gasteiger partial charge on any atom is 0.146 e. The molecule has 0 aromatic heterocycles. The lowest BCUT2D eigenvalue weighted by Crippen LogP contribution is -2.08. The van der Waals surface area contributed by atoms with Crippen LogP contribution >= 0.6 is 0 Å². The zero-order valence-corrected chi connectivity index (χ0v) is 11.9. The van der Waals surface area contributed by atoms with Crippen molar-refractivity contribution in [3.8, 4) is 0 Å². The number of benzene rings is 2. The van der Waals surface area contributed by atoms with Crippen LogP contribution in [0.5, 0.6) is 0 Å². The number of rotatable bonds is 3. The highest BCUT2D eigenvalue weighted by Crippen LogP contribution is 2.23. The summed E-state index contributed by atoms with van der Waals surface area (Å²) < 4.78 is 13.8. The van der Waals surface area contributed by atoms with Crippen molar-refractivity contribution in [3.05, 3.63) is 64.5 Å². The van der Waals surface area contributed by atoms with E-state index in [1.807, 2.05) is 19.9 Å². The van der Waals surface area contributed by atoms with Crippen molar-refractivity contribution >= 4 is 5.69 Å². The van der Waals surface area contributed by atoms with E-state index in [9.17, 15) is 4.39 Å². The fraction of sp³-hybridized carbons (Fsp3) is 0.294. The first-order valence-corrected chi connectivity index (χ1v) is 6.57. The van der Waals surface area contributed by atoms with Crippen molar-refractivity contribution in [2.24, 2.45) is 0 Å². The van der Waals surface area contributed by atoms with Crippen LogP contribution < -0.4 is 5.32 Å². The Morgan fingerprint density at radius 1 is 0.947 bits per heavy atom. The Hall–Kier alpha value is -1.83. The molecule has 2 aromatic rings. The lowest BCUT2D eigenvalue weighted by Gasteiger charge is -2.17. The number of hydrogen-bond donors (Lipinski definition) is 1. The molecule has 0 spiro atoms. The molecule has 100 valence electrons. The van der Waals surface area contributed by atoms with Crippen LogP contribution in [-0.2, 0) is 0 Å². The Bertz CT molecular complexity index is 590. The molecule has 2 rings (SSSR count). The molecular formula is C17H20FN. The molecule has 2 heteroatoms. The minimum absolute atomic E-state index is 0.0801. The first-order chi connectivity index (χ1) is 8.97. The predicted octanol–water partition coefficient (Wildman–Crippen LogP) is 4.92. The molecule has 1 atom stereocenters. The highest BCUT2D eigenvalue weighted by molar-refractivity contribution is 5.48. The summed E-state index contributed by atoms with van der Waals surface area (Å²) >= 11 is 0. The van der Waals surface area contributed by atoms with Crippen LogP contribution in [0.15, 0.2) is 36.4 Å². The molecule has 0 bridgehead atoms. The van der Waals surface area contributed by atoms with Crippen LogP contribution in [0.2, 0.25) is 0 Å². The third-order valence-corrected chi connectivity index (χ3v) is 3.53. The van der Waals surface area contributed by atoms with Crippen LogP contribution in [0.1, 0.15) is 35.2 Å². The Balaban J connectivity index is 2.20. The molecule has 0 saturated carbocycles. The number of hydrogen-bond acceptors (Lipinski definition) is 1. The lowest BCUT2D eigenvalue weighted by molar-refractivity contribution is 0.626. The third-order valence-electron chi connectivity index (χ3n) is 3.53. The fourth-order valence-corrected chi connectivity index (χ4v) is 2.09. The van der Waals surface area contributed by atoms with Gasteiger partial charge in [-0.2, -0.15) is 0 Å². The Kier molecular flexibility index (Phi) is 3.89. The number of halogens is 1. The molecule has 0 aliphatic rings. The van der Waals surface area contributed by atoms with E-state index in [0.29, 0.717) is 5.69 Å². The molecule has 0 amide bonds. The molecule has 2 aromatic carbocycles. The summed E-state index contributed by atoms with van der Waals surface area (Å²) in [5.41, 5.74) is 5.19. The third kappa shape index (κ3) is 3.14. The van der Waals surface area contributed by atoms with Gasteiger partial charge in [0.2, 0.25) is 0 Å². The average Bonchev–Trinajstić information content (AvgIpc) is 2.36. The van der Waals surface area contributed by atoms with Gasteiger partial charge in [0.25, 0.3) is 0 Å². The van der Waals surface area contributed by atoms with Crippen molar-refractivity contribution in [2.75, 3.05) is 5.32 Å². The van der Waals surface area contributed by atoms with Gasteiger partial charge in [0, 0.05) is 6.04 Å². The summed E-state index contributed by atoms with van der Waals surface area (Å²) in [7, 11) is 0. The fourth-order valence-electron chi connectivity index (χ4n) is 2.09. The first-order valence-electron chi connectivity index (χ1n) is 6.57. The van der Waals surface area contributed by atoms with E-state index in [1.54, 1.807) is 12.1 Å². The second kappa shape index (κ2) is 5.43. The van der Waals surface area contributed by atoms with Gasteiger partial charge < -0.3 is 5.32 Å². The van der Waals surface area contributed by atoms with E-state index in [-0.39, 0.29) is 11.9 Å². The van der Waals surface area contributed by atoms with Crippen molar-refractivity contribution in [3.63, 3.8) is 0 Å². The van der Waals surface area contributed by atoms with E-state index in [2.05, 4.69) is 37.4 Å². The van der Waals surface area contributed by atoms with Crippen LogP contribution in [0.3, 0.4) is 0 Å². The normalized spacial score (nSPS) is 12.3. The lowest BCUT2D eigenvalue weighted by atomic mass is 10.0. The molecule has 1 nitrogen and oxygen atoms in total. The van der Waals surface area contributed by atoms with Crippen molar-refractivity contribution < 1.29 is 4.39 Å². The number of nitrogens with one attached hydrogen (secondary N) is 1. The summed E-state index contributed by atoms with van der Waals surface area (Å²) in [6.07, 6.45) is 0. The second-order valence-electron chi connectivity index (χ2n) is 5.19. The van der Waals surface area contributed by atoms with Crippen molar-refractivity contribution in [2.45, 2.75) is 33.7 Å². The van der Waals surface area contributed by atoms with Gasteiger partial charge in [-0.05, 0) is 62.1 Å². The minimum Gasteiger partial charge on any atom is -0.376 e. The topological polar surface area (TPSA) is 12.0 Å². The summed E-state index contributed by atoms with van der Waals surface area (Å²) in [6.45, 7) is 8.12. The van der Waals surface area contributed by atoms with Crippen molar-refractivity contribution in [1.29, 1.82) is 0 Å². The first kappa shape index (κ1) is 13.6. The monoisotopic (exact) mass is 257 g/mol. The zero-order chi connectivity index (χ0) is 14.0. The predicted molar refractivity (Wildman–Crippen MR) is 79.1 cm³/mol. The quantitative estimate of drug-likeness (QED) is 0.822. The van der Waals surface area contributed by atoms with Gasteiger partial charge >= 0.3 is 0 Å². The number of anilines is 1. The van der Waals surface area contributed by atoms with Crippen LogP contribution in [0.4, 0.5) is 10.1 Å². The average molecular weight is 257 g/mol. The van der Waals surface area contributed by atoms with Crippen molar-refractivity contribution in [1.82, 2.24) is 0 Å². The molecule has 1 N–H and O–H groups in total. The van der Waals surface area contributed by atoms with Gasteiger partial charge in [-0.1, -0.05) is 24.3 Å². The Labute approximate surface area is 114 Å². The zero-order valence-electron chi connectivity index (χ0n) is 11.9. The van der Waals surface area contributed by atoms with E-state index in [0.717, 1.165) is 5.56 Å². The summed E-state index contributed by atoms with van der Waals surface area (Å²) in [4.78, 5) is 0. The maximum absolute atomic E-state index is 13.8. The number of aryl methyl sites for hydroxylation is 3. The van der Waals surface area contributed by atoms with E-state index in [4.69, 9.17) is 0 Å². The molecule has 0 radical (unpaired) electrons. The minimum atomic E-state index is -0.198. The van der Waals surface area contributed by atoms with Crippen LogP contribution in [-0.4, -0.2) is 0 Å². The Morgan fingerprint density at radius 2 is 1.68 bits per heavy atom. The van der Waals surface area contributed by atoms with Crippen LogP contribution in [0, 0.1) is 26.6 Å². The van der Waals surface area contributed by atoms with E-state index < -0.39 is 0 Å².